The lowest BCUT2D eigenvalue weighted by Crippen LogP contribution is -2.32. The van der Waals surface area contributed by atoms with Crippen LogP contribution in [0.15, 0.2) is 11.8 Å². The summed E-state index contributed by atoms with van der Waals surface area (Å²) < 4.78 is 0. The minimum Gasteiger partial charge on any atom is -0.372 e. The molecule has 2 heteroatoms. The predicted molar refractivity (Wildman–Crippen MR) is 70.4 cm³/mol. The third kappa shape index (κ3) is 4.82. The molecule has 0 heterocycles. The Labute approximate surface area is 101 Å². The molecule has 2 nitrogen and oxygen atoms in total. The standard InChI is InChI=1S/C14H27NO/c1-7-9-14(16)13(8-2)10-15(11(3)4)12(5)6/h10-12H,7-9H2,1-6H3/b13-10+. The molecule has 0 amide bonds. The van der Waals surface area contributed by atoms with E-state index in [1.165, 1.54) is 0 Å². The van der Waals surface area contributed by atoms with Gasteiger partial charge in [0.1, 0.15) is 0 Å². The second kappa shape index (κ2) is 7.48. The lowest BCUT2D eigenvalue weighted by atomic mass is 10.1. The van der Waals surface area contributed by atoms with Gasteiger partial charge in [0.25, 0.3) is 0 Å². The van der Waals surface area contributed by atoms with Gasteiger partial charge < -0.3 is 4.90 Å². The first-order valence-electron chi connectivity index (χ1n) is 6.45. The van der Waals surface area contributed by atoms with Crippen LogP contribution in [0.2, 0.25) is 0 Å². The largest absolute Gasteiger partial charge is 0.372 e. The van der Waals surface area contributed by atoms with Crippen molar-refractivity contribution in [3.05, 3.63) is 11.8 Å². The summed E-state index contributed by atoms with van der Waals surface area (Å²) in [5, 5.41) is 0. The van der Waals surface area contributed by atoms with E-state index in [0.717, 1.165) is 18.4 Å². The van der Waals surface area contributed by atoms with Gasteiger partial charge in [0.05, 0.1) is 0 Å². The van der Waals surface area contributed by atoms with E-state index in [4.69, 9.17) is 0 Å². The number of hydrogen-bond acceptors (Lipinski definition) is 2. The van der Waals surface area contributed by atoms with Crippen LogP contribution in [0.5, 0.6) is 0 Å². The minimum absolute atomic E-state index is 0.302. The summed E-state index contributed by atoms with van der Waals surface area (Å²) in [6.07, 6.45) is 4.49. The van der Waals surface area contributed by atoms with Gasteiger partial charge >= 0.3 is 0 Å². The zero-order valence-electron chi connectivity index (χ0n) is 11.7. The average molecular weight is 225 g/mol. The molecular weight excluding hydrogens is 198 g/mol. The highest BCUT2D eigenvalue weighted by atomic mass is 16.1. The summed E-state index contributed by atoms with van der Waals surface area (Å²) in [5.41, 5.74) is 0.962. The molecule has 0 aliphatic rings. The Kier molecular flexibility index (Phi) is 7.11. The van der Waals surface area contributed by atoms with Crippen LogP contribution < -0.4 is 0 Å². The maximum Gasteiger partial charge on any atom is 0.160 e. The van der Waals surface area contributed by atoms with Gasteiger partial charge in [-0.25, -0.2) is 0 Å². The number of Topliss-reactive ketones (excluding diaryl/α,β-unsaturated/α-hetero) is 1. The molecule has 94 valence electrons. The number of ketones is 1. The highest BCUT2D eigenvalue weighted by molar-refractivity contribution is 5.95. The van der Waals surface area contributed by atoms with E-state index in [0.29, 0.717) is 24.3 Å². The van der Waals surface area contributed by atoms with Crippen molar-refractivity contribution in [2.45, 2.75) is 72.9 Å². The topological polar surface area (TPSA) is 20.3 Å². The van der Waals surface area contributed by atoms with Gasteiger partial charge in [-0.15, -0.1) is 0 Å². The van der Waals surface area contributed by atoms with Crippen molar-refractivity contribution in [1.29, 1.82) is 0 Å². The number of allylic oxidation sites excluding steroid dienone is 1. The van der Waals surface area contributed by atoms with E-state index in [1.54, 1.807) is 0 Å². The van der Waals surface area contributed by atoms with Crippen LogP contribution >= 0.6 is 0 Å². The molecule has 0 aromatic carbocycles. The van der Waals surface area contributed by atoms with Crippen LogP contribution in [0.1, 0.15) is 60.8 Å². The van der Waals surface area contributed by atoms with E-state index >= 15 is 0 Å². The van der Waals surface area contributed by atoms with Crippen molar-refractivity contribution in [3.63, 3.8) is 0 Å². The molecule has 0 aromatic heterocycles. The molecule has 16 heavy (non-hydrogen) atoms. The molecule has 0 aliphatic heterocycles. The van der Waals surface area contributed by atoms with Crippen LogP contribution in [0.3, 0.4) is 0 Å². The van der Waals surface area contributed by atoms with Crippen molar-refractivity contribution in [2.75, 3.05) is 0 Å². The third-order valence-corrected chi connectivity index (χ3v) is 2.71. The first-order chi connectivity index (χ1) is 7.43. The van der Waals surface area contributed by atoms with E-state index in [1.807, 2.05) is 6.92 Å². The fraction of sp³-hybridized carbons (Fsp3) is 0.786. The van der Waals surface area contributed by atoms with Gasteiger partial charge in [-0.3, -0.25) is 4.79 Å². The number of carbonyl (C=O) groups is 1. The summed E-state index contributed by atoms with van der Waals surface area (Å²) >= 11 is 0. The molecule has 0 rings (SSSR count). The fourth-order valence-corrected chi connectivity index (χ4v) is 1.82. The van der Waals surface area contributed by atoms with Gasteiger partial charge in [0.15, 0.2) is 5.78 Å². The van der Waals surface area contributed by atoms with Crippen LogP contribution in [-0.2, 0) is 4.79 Å². The summed E-state index contributed by atoms with van der Waals surface area (Å²) in [6, 6.07) is 0.881. The smallest absolute Gasteiger partial charge is 0.160 e. The first kappa shape index (κ1) is 15.2. The second-order valence-electron chi connectivity index (χ2n) is 4.82. The first-order valence-corrected chi connectivity index (χ1v) is 6.45. The van der Waals surface area contributed by atoms with Gasteiger partial charge in [-0.1, -0.05) is 13.8 Å². The quantitative estimate of drug-likeness (QED) is 0.615. The molecule has 0 atom stereocenters. The van der Waals surface area contributed by atoms with Crippen molar-refractivity contribution >= 4 is 5.78 Å². The van der Waals surface area contributed by atoms with Gasteiger partial charge in [0, 0.05) is 30.3 Å². The number of nitrogens with zero attached hydrogens (tertiary/aromatic N) is 1. The number of carbonyl (C=O) groups excluding carboxylic acids is 1. The Morgan fingerprint density at radius 3 is 1.94 bits per heavy atom. The summed E-state index contributed by atoms with van der Waals surface area (Å²) in [6.45, 7) is 12.7. The molecule has 0 spiro atoms. The maximum atomic E-state index is 11.9. The summed E-state index contributed by atoms with van der Waals surface area (Å²) in [4.78, 5) is 14.1. The Morgan fingerprint density at radius 2 is 1.62 bits per heavy atom. The minimum atomic E-state index is 0.302. The zero-order chi connectivity index (χ0) is 12.7. The Bertz CT molecular complexity index is 233. The van der Waals surface area contributed by atoms with Crippen LogP contribution in [0.4, 0.5) is 0 Å². The predicted octanol–water partition coefficient (Wildman–Crippen LogP) is 3.77. The normalized spacial score (nSPS) is 12.4. The van der Waals surface area contributed by atoms with E-state index in [-0.39, 0.29) is 0 Å². The lowest BCUT2D eigenvalue weighted by molar-refractivity contribution is -0.115. The molecule has 0 saturated carbocycles. The monoisotopic (exact) mass is 225 g/mol. The molecule has 0 bridgehead atoms. The van der Waals surface area contributed by atoms with Crippen molar-refractivity contribution in [2.24, 2.45) is 0 Å². The van der Waals surface area contributed by atoms with E-state index in [9.17, 15) is 4.79 Å². The van der Waals surface area contributed by atoms with Crippen molar-refractivity contribution < 1.29 is 4.79 Å². The average Bonchev–Trinajstić information content (AvgIpc) is 2.18. The van der Waals surface area contributed by atoms with Crippen LogP contribution in [-0.4, -0.2) is 22.8 Å². The Morgan fingerprint density at radius 1 is 1.12 bits per heavy atom. The number of hydrogen-bond donors (Lipinski definition) is 0. The fourth-order valence-electron chi connectivity index (χ4n) is 1.82. The third-order valence-electron chi connectivity index (χ3n) is 2.71. The van der Waals surface area contributed by atoms with Crippen molar-refractivity contribution in [1.82, 2.24) is 4.90 Å². The molecule has 0 aliphatic carbocycles. The molecule has 0 fully saturated rings. The second-order valence-corrected chi connectivity index (χ2v) is 4.82. The molecule has 0 aromatic rings. The molecule has 0 radical (unpaired) electrons. The summed E-state index contributed by atoms with van der Waals surface area (Å²) in [7, 11) is 0. The zero-order valence-corrected chi connectivity index (χ0v) is 11.7. The highest BCUT2D eigenvalue weighted by Gasteiger charge is 2.13. The van der Waals surface area contributed by atoms with Gasteiger partial charge in [-0.05, 0) is 40.5 Å². The SMILES string of the molecule is CCCC(=O)/C(=C/N(C(C)C)C(C)C)CC. The van der Waals surface area contributed by atoms with Gasteiger partial charge in [0.2, 0.25) is 0 Å². The Balaban J connectivity index is 4.82. The molecule has 0 saturated heterocycles. The molecule has 0 unspecified atom stereocenters. The van der Waals surface area contributed by atoms with Crippen LogP contribution in [0.25, 0.3) is 0 Å². The van der Waals surface area contributed by atoms with Crippen LogP contribution in [0, 0.1) is 0 Å². The van der Waals surface area contributed by atoms with Crippen molar-refractivity contribution in [3.8, 4) is 0 Å². The molecule has 0 N–H and O–H groups in total. The lowest BCUT2D eigenvalue weighted by Gasteiger charge is -2.30. The summed E-state index contributed by atoms with van der Waals surface area (Å²) in [5.74, 6) is 0.302. The van der Waals surface area contributed by atoms with E-state index in [2.05, 4.69) is 45.7 Å². The highest BCUT2D eigenvalue weighted by Crippen LogP contribution is 2.13. The maximum absolute atomic E-state index is 11.9. The molecular formula is C14H27NO. The Hall–Kier alpha value is -0.790. The van der Waals surface area contributed by atoms with Gasteiger partial charge in [-0.2, -0.15) is 0 Å². The number of rotatable bonds is 7. The van der Waals surface area contributed by atoms with E-state index < -0.39 is 0 Å².